The number of unbranched alkanes of at least 4 members (excludes halogenated alkanes) is 6. The predicted octanol–water partition coefficient (Wildman–Crippen LogP) is 4.86. The lowest BCUT2D eigenvalue weighted by Gasteiger charge is -2.23. The molecule has 1 aromatic carbocycles. The Labute approximate surface area is 159 Å². The average molecular weight is 386 g/mol. The molecular formula is C20H35NO4S. The molecule has 0 aliphatic rings. The van der Waals surface area contributed by atoms with Crippen LogP contribution < -0.4 is 9.47 Å². The highest BCUT2D eigenvalue weighted by Crippen LogP contribution is 2.31. The molecule has 5 nitrogen and oxygen atoms in total. The first kappa shape index (κ1) is 22.8. The first-order chi connectivity index (χ1) is 12.5. The zero-order valence-corrected chi connectivity index (χ0v) is 17.6. The second kappa shape index (κ2) is 12.2. The van der Waals surface area contributed by atoms with Gasteiger partial charge in [-0.2, -0.15) is 4.31 Å². The molecule has 0 aliphatic heterocycles. The number of ether oxygens (including phenoxy) is 2. The van der Waals surface area contributed by atoms with Crippen LogP contribution in [0.15, 0.2) is 23.1 Å². The molecule has 150 valence electrons. The molecule has 0 spiro atoms. The smallest absolute Gasteiger partial charge is 0.246 e. The molecule has 6 heteroatoms. The number of rotatable bonds is 14. The topological polar surface area (TPSA) is 55.8 Å². The minimum absolute atomic E-state index is 0.215. The number of hydrogen-bond donors (Lipinski definition) is 0. The van der Waals surface area contributed by atoms with Gasteiger partial charge in [0.25, 0.3) is 0 Å². The van der Waals surface area contributed by atoms with Crippen molar-refractivity contribution in [2.45, 2.75) is 70.1 Å². The maximum absolute atomic E-state index is 13.2. The van der Waals surface area contributed by atoms with Crippen molar-refractivity contribution in [2.24, 2.45) is 0 Å². The van der Waals surface area contributed by atoms with Gasteiger partial charge in [-0.15, -0.1) is 0 Å². The molecule has 0 saturated carbocycles. The summed E-state index contributed by atoms with van der Waals surface area (Å²) in [4.78, 5) is 0.215. The van der Waals surface area contributed by atoms with Crippen molar-refractivity contribution in [2.75, 3.05) is 27.3 Å². The van der Waals surface area contributed by atoms with Crippen molar-refractivity contribution in [1.82, 2.24) is 4.31 Å². The Hall–Kier alpha value is -1.27. The molecule has 1 aromatic rings. The highest BCUT2D eigenvalue weighted by Gasteiger charge is 2.27. The molecule has 0 unspecified atom stereocenters. The van der Waals surface area contributed by atoms with Gasteiger partial charge in [0.2, 0.25) is 10.0 Å². The van der Waals surface area contributed by atoms with Crippen molar-refractivity contribution in [3.63, 3.8) is 0 Å². The van der Waals surface area contributed by atoms with Crippen molar-refractivity contribution in [3.05, 3.63) is 18.2 Å². The van der Waals surface area contributed by atoms with Crippen molar-refractivity contribution < 1.29 is 17.9 Å². The zero-order valence-electron chi connectivity index (χ0n) is 16.8. The van der Waals surface area contributed by atoms with Gasteiger partial charge in [0, 0.05) is 19.2 Å². The normalized spacial score (nSPS) is 11.7. The van der Waals surface area contributed by atoms with E-state index in [1.165, 1.54) is 7.11 Å². The van der Waals surface area contributed by atoms with Crippen LogP contribution in [0.3, 0.4) is 0 Å². The minimum Gasteiger partial charge on any atom is -0.497 e. The fourth-order valence-corrected chi connectivity index (χ4v) is 4.56. The fourth-order valence-electron chi connectivity index (χ4n) is 2.91. The van der Waals surface area contributed by atoms with Gasteiger partial charge in [-0.05, 0) is 25.0 Å². The number of methoxy groups -OCH3 is 2. The second-order valence-corrected chi connectivity index (χ2v) is 8.45. The van der Waals surface area contributed by atoms with Crippen LogP contribution >= 0.6 is 0 Å². The van der Waals surface area contributed by atoms with Crippen molar-refractivity contribution in [1.29, 1.82) is 0 Å². The number of sulfonamides is 1. The van der Waals surface area contributed by atoms with Crippen LogP contribution in [0.5, 0.6) is 11.5 Å². The SMILES string of the molecule is CCCCCCN(CCCCCC)S(=O)(=O)c1ccc(OC)cc1OC. The molecule has 0 saturated heterocycles. The third-order valence-corrected chi connectivity index (χ3v) is 6.45. The third-order valence-electron chi connectivity index (χ3n) is 4.51. The van der Waals surface area contributed by atoms with Gasteiger partial charge in [-0.1, -0.05) is 52.4 Å². The third kappa shape index (κ3) is 6.80. The molecule has 26 heavy (non-hydrogen) atoms. The summed E-state index contributed by atoms with van der Waals surface area (Å²) >= 11 is 0. The highest BCUT2D eigenvalue weighted by molar-refractivity contribution is 7.89. The summed E-state index contributed by atoms with van der Waals surface area (Å²) in [6.07, 6.45) is 8.42. The monoisotopic (exact) mass is 385 g/mol. The van der Waals surface area contributed by atoms with E-state index in [0.717, 1.165) is 51.4 Å². The van der Waals surface area contributed by atoms with Crippen LogP contribution in [0.2, 0.25) is 0 Å². The van der Waals surface area contributed by atoms with E-state index in [1.54, 1.807) is 29.6 Å². The van der Waals surface area contributed by atoms with E-state index in [2.05, 4.69) is 13.8 Å². The molecule has 1 rings (SSSR count). The number of hydrogen-bond acceptors (Lipinski definition) is 4. The quantitative estimate of drug-likeness (QED) is 0.429. The molecule has 0 atom stereocenters. The maximum atomic E-state index is 13.2. The molecule has 0 amide bonds. The lowest BCUT2D eigenvalue weighted by Crippen LogP contribution is -2.33. The van der Waals surface area contributed by atoms with Crippen molar-refractivity contribution in [3.8, 4) is 11.5 Å². The summed E-state index contributed by atoms with van der Waals surface area (Å²) in [5.41, 5.74) is 0. The van der Waals surface area contributed by atoms with Crippen molar-refractivity contribution >= 4 is 10.0 Å². The van der Waals surface area contributed by atoms with Crippen LogP contribution in [0, 0.1) is 0 Å². The largest absolute Gasteiger partial charge is 0.497 e. The first-order valence-corrected chi connectivity index (χ1v) is 11.2. The van der Waals surface area contributed by atoms with E-state index < -0.39 is 10.0 Å². The van der Waals surface area contributed by atoms with Gasteiger partial charge >= 0.3 is 0 Å². The molecule has 0 aliphatic carbocycles. The van der Waals surface area contributed by atoms with Gasteiger partial charge in [-0.25, -0.2) is 8.42 Å². The lowest BCUT2D eigenvalue weighted by atomic mass is 10.2. The summed E-state index contributed by atoms with van der Waals surface area (Å²) in [7, 11) is -0.551. The van der Waals surface area contributed by atoms with E-state index in [-0.39, 0.29) is 4.90 Å². The van der Waals surface area contributed by atoms with Gasteiger partial charge in [0.1, 0.15) is 16.4 Å². The molecule has 0 heterocycles. The molecule has 0 fully saturated rings. The fraction of sp³-hybridized carbons (Fsp3) is 0.700. The predicted molar refractivity (Wildman–Crippen MR) is 107 cm³/mol. The Kier molecular flexibility index (Phi) is 10.7. The maximum Gasteiger partial charge on any atom is 0.246 e. The van der Waals surface area contributed by atoms with E-state index >= 15 is 0 Å². The van der Waals surface area contributed by atoms with Gasteiger partial charge in [0.15, 0.2) is 0 Å². The zero-order chi connectivity index (χ0) is 19.4. The Bertz CT molecular complexity index is 604. The second-order valence-electron chi connectivity index (χ2n) is 6.54. The number of nitrogens with zero attached hydrogens (tertiary/aromatic N) is 1. The van der Waals surface area contributed by atoms with Gasteiger partial charge in [-0.3, -0.25) is 0 Å². The molecule has 0 N–H and O–H groups in total. The Morgan fingerprint density at radius 1 is 0.846 bits per heavy atom. The van der Waals surface area contributed by atoms with Crippen LogP contribution in [-0.2, 0) is 10.0 Å². The average Bonchev–Trinajstić information content (AvgIpc) is 2.65. The minimum atomic E-state index is -3.59. The van der Waals surface area contributed by atoms with E-state index in [9.17, 15) is 8.42 Å². The van der Waals surface area contributed by atoms with Crippen LogP contribution in [0.1, 0.15) is 65.2 Å². The standard InChI is InChI=1S/C20H35NO4S/c1-5-7-9-11-15-21(16-12-10-8-6-2)26(22,23)20-14-13-18(24-3)17-19(20)25-4/h13-14,17H,5-12,15-16H2,1-4H3. The van der Waals surface area contributed by atoms with Crippen LogP contribution in [0.25, 0.3) is 0 Å². The number of benzene rings is 1. The molecule has 0 aromatic heterocycles. The first-order valence-electron chi connectivity index (χ1n) is 9.73. The Balaban J connectivity index is 2.99. The van der Waals surface area contributed by atoms with E-state index in [0.29, 0.717) is 24.6 Å². The van der Waals surface area contributed by atoms with Crippen LogP contribution in [0.4, 0.5) is 0 Å². The Morgan fingerprint density at radius 3 is 1.88 bits per heavy atom. The van der Waals surface area contributed by atoms with Gasteiger partial charge < -0.3 is 9.47 Å². The molecular weight excluding hydrogens is 350 g/mol. The summed E-state index contributed by atoms with van der Waals surface area (Å²) in [6.45, 7) is 5.43. The highest BCUT2D eigenvalue weighted by atomic mass is 32.2. The summed E-state index contributed by atoms with van der Waals surface area (Å²) in [6, 6.07) is 4.87. The van der Waals surface area contributed by atoms with Gasteiger partial charge in [0.05, 0.1) is 14.2 Å². The van der Waals surface area contributed by atoms with E-state index in [1.807, 2.05) is 0 Å². The molecule has 0 bridgehead atoms. The summed E-state index contributed by atoms with van der Waals surface area (Å²) < 4.78 is 38.6. The van der Waals surface area contributed by atoms with Crippen LogP contribution in [-0.4, -0.2) is 40.0 Å². The Morgan fingerprint density at radius 2 is 1.42 bits per heavy atom. The summed E-state index contributed by atoms with van der Waals surface area (Å²) in [5, 5.41) is 0. The van der Waals surface area contributed by atoms with E-state index in [4.69, 9.17) is 9.47 Å². The lowest BCUT2D eigenvalue weighted by molar-refractivity contribution is 0.370. The molecule has 0 radical (unpaired) electrons. The summed E-state index contributed by atoms with van der Waals surface area (Å²) in [5.74, 6) is 0.912.